The molecule has 136 valence electrons. The lowest BCUT2D eigenvalue weighted by Gasteiger charge is -2.21. The molecule has 0 aromatic carbocycles. The average molecular weight is 366 g/mol. The van der Waals surface area contributed by atoms with Gasteiger partial charge in [0.15, 0.2) is 5.82 Å². The van der Waals surface area contributed by atoms with E-state index in [1.807, 2.05) is 6.92 Å². The fourth-order valence-corrected chi connectivity index (χ4v) is 4.85. The topological polar surface area (TPSA) is 98.3 Å². The molecular weight excluding hydrogens is 344 g/mol. The summed E-state index contributed by atoms with van der Waals surface area (Å²) in [6.45, 7) is 2.64. The molecule has 3 rings (SSSR count). The molecule has 1 unspecified atom stereocenters. The summed E-state index contributed by atoms with van der Waals surface area (Å²) in [6.07, 6.45) is 4.55. The SMILES string of the molecule is CCCCS(=O)(=O)N1CCCC1c1nc(Cn2ccccc2=O)no1. The van der Waals surface area contributed by atoms with Gasteiger partial charge in [0, 0.05) is 18.8 Å². The van der Waals surface area contributed by atoms with Gasteiger partial charge in [-0.3, -0.25) is 4.79 Å². The molecule has 9 heteroatoms. The van der Waals surface area contributed by atoms with E-state index < -0.39 is 16.1 Å². The second-order valence-corrected chi connectivity index (χ2v) is 8.20. The van der Waals surface area contributed by atoms with E-state index in [1.165, 1.54) is 14.9 Å². The van der Waals surface area contributed by atoms with Crippen molar-refractivity contribution < 1.29 is 12.9 Å². The maximum atomic E-state index is 12.5. The number of unbranched alkanes of at least 4 members (excludes halogenated alkanes) is 1. The van der Waals surface area contributed by atoms with Gasteiger partial charge in [-0.25, -0.2) is 8.42 Å². The predicted octanol–water partition coefficient (Wildman–Crippen LogP) is 1.55. The zero-order valence-corrected chi connectivity index (χ0v) is 15.0. The molecule has 0 aliphatic carbocycles. The van der Waals surface area contributed by atoms with Crippen LogP contribution in [0.2, 0.25) is 0 Å². The monoisotopic (exact) mass is 366 g/mol. The van der Waals surface area contributed by atoms with Gasteiger partial charge in [0.1, 0.15) is 6.04 Å². The van der Waals surface area contributed by atoms with Gasteiger partial charge in [-0.2, -0.15) is 9.29 Å². The summed E-state index contributed by atoms with van der Waals surface area (Å²) < 4.78 is 33.3. The second-order valence-electron chi connectivity index (χ2n) is 6.15. The van der Waals surface area contributed by atoms with Crippen LogP contribution < -0.4 is 5.56 Å². The van der Waals surface area contributed by atoms with Crippen LogP contribution in [0.15, 0.2) is 33.7 Å². The van der Waals surface area contributed by atoms with Crippen molar-refractivity contribution >= 4 is 10.0 Å². The molecule has 1 atom stereocenters. The fraction of sp³-hybridized carbons (Fsp3) is 0.562. The van der Waals surface area contributed by atoms with E-state index in [2.05, 4.69) is 10.1 Å². The Kier molecular flexibility index (Phi) is 5.33. The van der Waals surface area contributed by atoms with E-state index in [1.54, 1.807) is 18.3 Å². The van der Waals surface area contributed by atoms with Crippen LogP contribution in [0.5, 0.6) is 0 Å². The molecule has 0 spiro atoms. The van der Waals surface area contributed by atoms with Crippen molar-refractivity contribution in [2.45, 2.75) is 45.2 Å². The highest BCUT2D eigenvalue weighted by atomic mass is 32.2. The van der Waals surface area contributed by atoms with Gasteiger partial charge in [0.25, 0.3) is 5.56 Å². The molecule has 2 aromatic rings. The van der Waals surface area contributed by atoms with Crippen LogP contribution in [0.1, 0.15) is 50.4 Å². The van der Waals surface area contributed by atoms with Gasteiger partial charge in [-0.05, 0) is 25.3 Å². The number of hydrogen-bond donors (Lipinski definition) is 0. The second kappa shape index (κ2) is 7.49. The average Bonchev–Trinajstić information content (AvgIpc) is 3.24. The smallest absolute Gasteiger partial charge is 0.250 e. The standard InChI is InChI=1S/C16H22N4O4S/c1-2-3-11-25(22,23)20-10-6-7-13(20)16-17-14(18-24-16)12-19-9-5-4-8-15(19)21/h4-5,8-9,13H,2-3,6-7,10-12H2,1H3. The van der Waals surface area contributed by atoms with Crippen LogP contribution in [-0.4, -0.2) is 39.7 Å². The Morgan fingerprint density at radius 1 is 1.36 bits per heavy atom. The third-order valence-electron chi connectivity index (χ3n) is 4.30. The highest BCUT2D eigenvalue weighted by Crippen LogP contribution is 2.33. The van der Waals surface area contributed by atoms with Crippen LogP contribution >= 0.6 is 0 Å². The minimum Gasteiger partial charge on any atom is -0.337 e. The van der Waals surface area contributed by atoms with Gasteiger partial charge >= 0.3 is 0 Å². The molecule has 0 N–H and O–H groups in total. The van der Waals surface area contributed by atoms with Crippen molar-refractivity contribution in [3.05, 3.63) is 46.5 Å². The number of pyridine rings is 1. The Morgan fingerprint density at radius 2 is 2.20 bits per heavy atom. The van der Waals surface area contributed by atoms with Gasteiger partial charge in [-0.1, -0.05) is 24.6 Å². The maximum Gasteiger partial charge on any atom is 0.250 e. The van der Waals surface area contributed by atoms with Crippen LogP contribution in [0, 0.1) is 0 Å². The Balaban J connectivity index is 1.77. The number of sulfonamides is 1. The van der Waals surface area contributed by atoms with Gasteiger partial charge in [0.05, 0.1) is 12.3 Å². The summed E-state index contributed by atoms with van der Waals surface area (Å²) in [5.41, 5.74) is -0.154. The highest BCUT2D eigenvalue weighted by molar-refractivity contribution is 7.89. The molecule has 0 bridgehead atoms. The molecule has 1 aliphatic heterocycles. The third-order valence-corrected chi connectivity index (χ3v) is 6.25. The van der Waals surface area contributed by atoms with Gasteiger partial charge in [-0.15, -0.1) is 0 Å². The highest BCUT2D eigenvalue weighted by Gasteiger charge is 2.38. The van der Waals surface area contributed by atoms with Crippen molar-refractivity contribution in [1.82, 2.24) is 19.0 Å². The van der Waals surface area contributed by atoms with Crippen LogP contribution in [-0.2, 0) is 16.6 Å². The first-order valence-electron chi connectivity index (χ1n) is 8.48. The molecule has 1 saturated heterocycles. The lowest BCUT2D eigenvalue weighted by atomic mass is 10.2. The van der Waals surface area contributed by atoms with Crippen molar-refractivity contribution in [3.8, 4) is 0 Å². The van der Waals surface area contributed by atoms with E-state index in [-0.39, 0.29) is 17.9 Å². The number of rotatable bonds is 7. The largest absolute Gasteiger partial charge is 0.337 e. The molecule has 25 heavy (non-hydrogen) atoms. The zero-order valence-electron chi connectivity index (χ0n) is 14.2. The lowest BCUT2D eigenvalue weighted by molar-refractivity contribution is 0.289. The molecule has 2 aromatic heterocycles. The molecule has 8 nitrogen and oxygen atoms in total. The number of aromatic nitrogens is 3. The summed E-state index contributed by atoms with van der Waals surface area (Å²) in [4.78, 5) is 16.1. The molecular formula is C16H22N4O4S. The van der Waals surface area contributed by atoms with Crippen LogP contribution in [0.25, 0.3) is 0 Å². The first kappa shape index (κ1) is 17.8. The summed E-state index contributed by atoms with van der Waals surface area (Å²) >= 11 is 0. The Bertz CT molecular complexity index is 874. The number of hydrogen-bond acceptors (Lipinski definition) is 6. The Labute approximate surface area is 146 Å². The predicted molar refractivity (Wildman–Crippen MR) is 91.5 cm³/mol. The van der Waals surface area contributed by atoms with Gasteiger partial charge < -0.3 is 9.09 Å². The van der Waals surface area contributed by atoms with Crippen LogP contribution in [0.4, 0.5) is 0 Å². The Hall–Kier alpha value is -2.00. The minimum absolute atomic E-state index is 0.139. The fourth-order valence-electron chi connectivity index (χ4n) is 2.97. The van der Waals surface area contributed by atoms with Crippen molar-refractivity contribution in [3.63, 3.8) is 0 Å². The Morgan fingerprint density at radius 3 is 2.96 bits per heavy atom. The molecule has 0 amide bonds. The van der Waals surface area contributed by atoms with E-state index >= 15 is 0 Å². The van der Waals surface area contributed by atoms with Gasteiger partial charge in [0.2, 0.25) is 15.9 Å². The maximum absolute atomic E-state index is 12.5. The van der Waals surface area contributed by atoms with Crippen molar-refractivity contribution in [2.24, 2.45) is 0 Å². The molecule has 0 saturated carbocycles. The normalized spacial score (nSPS) is 18.7. The number of nitrogens with zero attached hydrogens (tertiary/aromatic N) is 4. The summed E-state index contributed by atoms with van der Waals surface area (Å²) in [5, 5.41) is 3.91. The van der Waals surface area contributed by atoms with E-state index in [4.69, 9.17) is 4.52 Å². The summed E-state index contributed by atoms with van der Waals surface area (Å²) in [7, 11) is -3.33. The van der Waals surface area contributed by atoms with E-state index in [9.17, 15) is 13.2 Å². The summed E-state index contributed by atoms with van der Waals surface area (Å²) in [5.74, 6) is 0.804. The zero-order chi connectivity index (χ0) is 17.9. The molecule has 1 aliphatic rings. The lowest BCUT2D eigenvalue weighted by Crippen LogP contribution is -2.32. The van der Waals surface area contributed by atoms with Crippen LogP contribution in [0.3, 0.4) is 0 Å². The molecule has 1 fully saturated rings. The van der Waals surface area contributed by atoms with E-state index in [0.717, 1.165) is 12.8 Å². The van der Waals surface area contributed by atoms with Crippen molar-refractivity contribution in [1.29, 1.82) is 0 Å². The van der Waals surface area contributed by atoms with E-state index in [0.29, 0.717) is 31.1 Å². The molecule has 0 radical (unpaired) electrons. The van der Waals surface area contributed by atoms with Crippen molar-refractivity contribution in [2.75, 3.05) is 12.3 Å². The summed E-state index contributed by atoms with van der Waals surface area (Å²) in [6, 6.07) is 4.47. The first-order chi connectivity index (χ1) is 12.0. The molecule has 3 heterocycles. The third kappa shape index (κ3) is 3.98. The quantitative estimate of drug-likeness (QED) is 0.737. The minimum atomic E-state index is -3.33. The first-order valence-corrected chi connectivity index (χ1v) is 10.1.